The van der Waals surface area contributed by atoms with Crippen molar-refractivity contribution in [3.05, 3.63) is 47.3 Å². The number of carbonyl (C=O) groups is 1. The van der Waals surface area contributed by atoms with Crippen molar-refractivity contribution in [2.24, 2.45) is 10.9 Å². The van der Waals surface area contributed by atoms with Gasteiger partial charge in [-0.25, -0.2) is 4.79 Å². The zero-order valence-corrected chi connectivity index (χ0v) is 11.5. The summed E-state index contributed by atoms with van der Waals surface area (Å²) in [5.41, 5.74) is 12.7. The van der Waals surface area contributed by atoms with Gasteiger partial charge >= 0.3 is 12.5 Å². The molecule has 0 fully saturated rings. The summed E-state index contributed by atoms with van der Waals surface area (Å²) in [6.45, 7) is -1.24. The molecule has 4 N–H and O–H groups in total. The highest BCUT2D eigenvalue weighted by Gasteiger charge is 2.19. The van der Waals surface area contributed by atoms with Crippen LogP contribution in [0.25, 0.3) is 0 Å². The van der Waals surface area contributed by atoms with E-state index in [0.717, 1.165) is 12.3 Å². The first-order chi connectivity index (χ1) is 10.4. The molecule has 0 saturated carbocycles. The first-order valence-corrected chi connectivity index (χ1v) is 6.13. The second kappa shape index (κ2) is 6.20. The lowest BCUT2D eigenvalue weighted by atomic mass is 10.1. The van der Waals surface area contributed by atoms with Crippen molar-refractivity contribution in [2.45, 2.75) is 13.5 Å². The molecule has 2 aromatic rings. The summed E-state index contributed by atoms with van der Waals surface area (Å²) in [6.07, 6.45) is 1.05. The van der Waals surface area contributed by atoms with Crippen LogP contribution in [-0.2, 0) is 4.84 Å². The molecule has 0 saturated heterocycles. The Morgan fingerprint density at radius 2 is 2.14 bits per heavy atom. The number of nitrogens with two attached hydrogens (primary N) is 2. The molecule has 0 aliphatic carbocycles. The van der Waals surface area contributed by atoms with Crippen LogP contribution in [0, 0.1) is 6.92 Å². The number of halogens is 2. The number of alkyl halides is 2. The summed E-state index contributed by atoms with van der Waals surface area (Å²) in [6, 6.07) is 6.07. The minimum Gasteiger partial charge on any atom is -0.398 e. The number of anilines is 1. The third-order valence-corrected chi connectivity index (χ3v) is 2.94. The van der Waals surface area contributed by atoms with E-state index in [1.807, 2.05) is 0 Å². The number of rotatable bonds is 4. The number of oxime groups is 1. The highest BCUT2D eigenvalue weighted by atomic mass is 19.3. The molecule has 0 unspecified atom stereocenters. The summed E-state index contributed by atoms with van der Waals surface area (Å²) < 4.78 is 25.4. The molecule has 1 aromatic heterocycles. The SMILES string of the molecule is Cc1c(N)cccc1/C(N)=N/OC(=O)c1ccnn1C(F)F. The van der Waals surface area contributed by atoms with Crippen LogP contribution in [0.4, 0.5) is 14.5 Å². The first kappa shape index (κ1) is 15.4. The maximum absolute atomic E-state index is 12.6. The molecule has 0 bridgehead atoms. The summed E-state index contributed by atoms with van der Waals surface area (Å²) in [7, 11) is 0. The van der Waals surface area contributed by atoms with Gasteiger partial charge in [-0.05, 0) is 24.6 Å². The molecule has 22 heavy (non-hydrogen) atoms. The van der Waals surface area contributed by atoms with E-state index in [0.29, 0.717) is 16.8 Å². The average Bonchev–Trinajstić information content (AvgIpc) is 2.97. The Bertz CT molecular complexity index is 727. The Balaban J connectivity index is 2.19. The molecule has 0 aliphatic rings. The van der Waals surface area contributed by atoms with Gasteiger partial charge in [-0.1, -0.05) is 17.3 Å². The molecule has 0 amide bonds. The van der Waals surface area contributed by atoms with Crippen LogP contribution in [0.5, 0.6) is 0 Å². The van der Waals surface area contributed by atoms with E-state index < -0.39 is 18.2 Å². The molecule has 0 radical (unpaired) electrons. The fraction of sp³-hybridized carbons (Fsp3) is 0.154. The molecule has 9 heteroatoms. The number of aromatic nitrogens is 2. The summed E-state index contributed by atoms with van der Waals surface area (Å²) in [4.78, 5) is 16.3. The summed E-state index contributed by atoms with van der Waals surface area (Å²) in [5, 5.41) is 6.77. The number of benzene rings is 1. The van der Waals surface area contributed by atoms with E-state index in [4.69, 9.17) is 11.5 Å². The van der Waals surface area contributed by atoms with Crippen molar-refractivity contribution in [1.82, 2.24) is 9.78 Å². The molecule has 0 aliphatic heterocycles. The second-order valence-corrected chi connectivity index (χ2v) is 4.31. The Morgan fingerprint density at radius 1 is 1.41 bits per heavy atom. The molecule has 7 nitrogen and oxygen atoms in total. The summed E-state index contributed by atoms with van der Waals surface area (Å²) >= 11 is 0. The van der Waals surface area contributed by atoms with Gasteiger partial charge in [-0.15, -0.1) is 0 Å². The maximum atomic E-state index is 12.6. The van der Waals surface area contributed by atoms with Gasteiger partial charge in [0.2, 0.25) is 0 Å². The third kappa shape index (κ3) is 3.03. The molecular weight excluding hydrogens is 296 g/mol. The molecule has 0 atom stereocenters. The largest absolute Gasteiger partial charge is 0.398 e. The number of hydrogen-bond acceptors (Lipinski definition) is 5. The standard InChI is InChI=1S/C13H13F2N5O2/c1-7-8(3-2-4-9(7)16)11(17)19-22-12(21)10-5-6-18-20(10)13(14)15/h2-6,13H,16H2,1H3,(H2,17,19). The lowest BCUT2D eigenvalue weighted by Crippen LogP contribution is -2.18. The van der Waals surface area contributed by atoms with Crippen LogP contribution in [0.2, 0.25) is 0 Å². The number of nitrogens with zero attached hydrogens (tertiary/aromatic N) is 3. The Labute approximate surface area is 124 Å². The number of nitrogen functional groups attached to an aromatic ring is 1. The van der Waals surface area contributed by atoms with Gasteiger partial charge in [0.05, 0.1) is 6.20 Å². The molecule has 0 spiro atoms. The average molecular weight is 309 g/mol. The van der Waals surface area contributed by atoms with E-state index >= 15 is 0 Å². The first-order valence-electron chi connectivity index (χ1n) is 6.13. The minimum atomic E-state index is -2.96. The topological polar surface area (TPSA) is 109 Å². The predicted octanol–water partition coefficient (Wildman–Crippen LogP) is 1.65. The number of carbonyl (C=O) groups excluding carboxylic acids is 1. The molecule has 1 heterocycles. The van der Waals surface area contributed by atoms with Gasteiger partial charge < -0.3 is 16.3 Å². The molecule has 116 valence electrons. The van der Waals surface area contributed by atoms with Crippen LogP contribution in [0.3, 0.4) is 0 Å². The maximum Gasteiger partial charge on any atom is 0.383 e. The Kier molecular flexibility index (Phi) is 4.35. The fourth-order valence-electron chi connectivity index (χ4n) is 1.75. The van der Waals surface area contributed by atoms with Crippen LogP contribution in [0.1, 0.15) is 28.2 Å². The van der Waals surface area contributed by atoms with Gasteiger partial charge in [0, 0.05) is 11.3 Å². The highest BCUT2D eigenvalue weighted by Crippen LogP contribution is 2.16. The monoisotopic (exact) mass is 309 g/mol. The van der Waals surface area contributed by atoms with Crippen LogP contribution in [0.15, 0.2) is 35.6 Å². The van der Waals surface area contributed by atoms with E-state index in [2.05, 4.69) is 15.1 Å². The Morgan fingerprint density at radius 3 is 2.82 bits per heavy atom. The quantitative estimate of drug-likeness (QED) is 0.293. The fourth-order valence-corrected chi connectivity index (χ4v) is 1.75. The highest BCUT2D eigenvalue weighted by molar-refractivity contribution is 6.00. The normalized spacial score (nSPS) is 11.7. The minimum absolute atomic E-state index is 0.0961. The zero-order valence-electron chi connectivity index (χ0n) is 11.5. The second-order valence-electron chi connectivity index (χ2n) is 4.31. The van der Waals surface area contributed by atoms with Gasteiger partial charge in [0.1, 0.15) is 0 Å². The van der Waals surface area contributed by atoms with Crippen molar-refractivity contribution < 1.29 is 18.4 Å². The van der Waals surface area contributed by atoms with Crippen molar-refractivity contribution in [2.75, 3.05) is 5.73 Å². The van der Waals surface area contributed by atoms with Crippen molar-refractivity contribution in [1.29, 1.82) is 0 Å². The van der Waals surface area contributed by atoms with E-state index in [1.54, 1.807) is 25.1 Å². The summed E-state index contributed by atoms with van der Waals surface area (Å²) in [5.74, 6) is -1.19. The lowest BCUT2D eigenvalue weighted by Gasteiger charge is -2.07. The smallest absolute Gasteiger partial charge is 0.383 e. The zero-order chi connectivity index (χ0) is 16.3. The molecule has 2 rings (SSSR count). The molecular formula is C13H13F2N5O2. The molecule has 1 aromatic carbocycles. The Hall–Kier alpha value is -2.97. The van der Waals surface area contributed by atoms with Crippen LogP contribution >= 0.6 is 0 Å². The van der Waals surface area contributed by atoms with Crippen molar-refractivity contribution in [3.8, 4) is 0 Å². The van der Waals surface area contributed by atoms with E-state index in [-0.39, 0.29) is 10.5 Å². The van der Waals surface area contributed by atoms with Gasteiger partial charge in [-0.3, -0.25) is 0 Å². The van der Waals surface area contributed by atoms with Crippen molar-refractivity contribution >= 4 is 17.5 Å². The number of hydrogen-bond donors (Lipinski definition) is 2. The van der Waals surface area contributed by atoms with E-state index in [1.165, 1.54) is 0 Å². The van der Waals surface area contributed by atoms with Crippen LogP contribution in [-0.4, -0.2) is 21.6 Å². The van der Waals surface area contributed by atoms with E-state index in [9.17, 15) is 13.6 Å². The van der Waals surface area contributed by atoms with Crippen LogP contribution < -0.4 is 11.5 Å². The predicted molar refractivity (Wildman–Crippen MR) is 75.2 cm³/mol. The van der Waals surface area contributed by atoms with Crippen molar-refractivity contribution in [3.63, 3.8) is 0 Å². The number of amidine groups is 1. The lowest BCUT2D eigenvalue weighted by molar-refractivity contribution is 0.0350. The van der Waals surface area contributed by atoms with Gasteiger partial charge in [0.25, 0.3) is 0 Å². The van der Waals surface area contributed by atoms with Gasteiger partial charge in [-0.2, -0.15) is 18.6 Å². The third-order valence-electron chi connectivity index (χ3n) is 2.94. The van der Waals surface area contributed by atoms with Gasteiger partial charge in [0.15, 0.2) is 11.5 Å².